The second-order valence-corrected chi connectivity index (χ2v) is 2.30. The summed E-state index contributed by atoms with van der Waals surface area (Å²) in [5.41, 5.74) is 1.11. The zero-order valence-corrected chi connectivity index (χ0v) is 5.93. The van der Waals surface area contributed by atoms with Gasteiger partial charge in [-0.3, -0.25) is 0 Å². The van der Waals surface area contributed by atoms with Crippen LogP contribution in [0.1, 0.15) is 19.8 Å². The molecule has 1 heteroatoms. The van der Waals surface area contributed by atoms with Crippen molar-refractivity contribution in [1.82, 2.24) is 0 Å². The van der Waals surface area contributed by atoms with E-state index in [2.05, 4.69) is 13.2 Å². The van der Waals surface area contributed by atoms with E-state index in [0.29, 0.717) is 0 Å². The molecule has 0 bridgehead atoms. The molecule has 0 spiro atoms. The van der Waals surface area contributed by atoms with E-state index in [0.717, 1.165) is 18.4 Å². The molecule has 0 aromatic carbocycles. The van der Waals surface area contributed by atoms with Crippen molar-refractivity contribution in [3.05, 3.63) is 24.8 Å². The van der Waals surface area contributed by atoms with Crippen LogP contribution in [0.2, 0.25) is 0 Å². The van der Waals surface area contributed by atoms with Gasteiger partial charge in [0.05, 0.1) is 6.10 Å². The van der Waals surface area contributed by atoms with Crippen LogP contribution in [0.4, 0.5) is 0 Å². The molecule has 0 aliphatic heterocycles. The minimum Gasteiger partial charge on any atom is -0.389 e. The molecule has 0 amide bonds. The Labute approximate surface area is 56.7 Å². The van der Waals surface area contributed by atoms with Crippen molar-refractivity contribution in [2.45, 2.75) is 25.9 Å². The molecule has 0 saturated carbocycles. The third-order valence-electron chi connectivity index (χ3n) is 1.14. The van der Waals surface area contributed by atoms with Crippen LogP contribution in [-0.4, -0.2) is 11.2 Å². The van der Waals surface area contributed by atoms with Crippen LogP contribution in [0.3, 0.4) is 0 Å². The van der Waals surface area contributed by atoms with Crippen LogP contribution in [-0.2, 0) is 0 Å². The zero-order valence-electron chi connectivity index (χ0n) is 5.93. The van der Waals surface area contributed by atoms with Gasteiger partial charge in [0.25, 0.3) is 0 Å². The molecule has 0 fully saturated rings. The molecule has 1 nitrogen and oxygen atoms in total. The minimum atomic E-state index is -0.360. The van der Waals surface area contributed by atoms with E-state index >= 15 is 0 Å². The van der Waals surface area contributed by atoms with Gasteiger partial charge in [-0.2, -0.15) is 0 Å². The third kappa shape index (κ3) is 5.31. The van der Waals surface area contributed by atoms with Gasteiger partial charge < -0.3 is 5.11 Å². The van der Waals surface area contributed by atoms with E-state index in [1.54, 1.807) is 6.08 Å². The standard InChI is InChI=1S/C8H14O/c1-4-8(9)6-5-7(2)3/h4,8-9H,1-2,5-6H2,3H3. The van der Waals surface area contributed by atoms with Crippen LogP contribution in [0, 0.1) is 0 Å². The van der Waals surface area contributed by atoms with Crippen molar-refractivity contribution in [3.63, 3.8) is 0 Å². The predicted molar refractivity (Wildman–Crippen MR) is 40.3 cm³/mol. The van der Waals surface area contributed by atoms with Gasteiger partial charge in [0, 0.05) is 0 Å². The smallest absolute Gasteiger partial charge is 0.0721 e. The van der Waals surface area contributed by atoms with Gasteiger partial charge in [-0.05, 0) is 19.8 Å². The fraction of sp³-hybridized carbons (Fsp3) is 0.500. The van der Waals surface area contributed by atoms with Crippen molar-refractivity contribution >= 4 is 0 Å². The summed E-state index contributed by atoms with van der Waals surface area (Å²) in [4.78, 5) is 0. The van der Waals surface area contributed by atoms with Crippen LogP contribution in [0.25, 0.3) is 0 Å². The van der Waals surface area contributed by atoms with Gasteiger partial charge >= 0.3 is 0 Å². The third-order valence-corrected chi connectivity index (χ3v) is 1.14. The van der Waals surface area contributed by atoms with Crippen molar-refractivity contribution in [3.8, 4) is 0 Å². The predicted octanol–water partition coefficient (Wildman–Crippen LogP) is 1.89. The summed E-state index contributed by atoms with van der Waals surface area (Å²) in [6, 6.07) is 0. The van der Waals surface area contributed by atoms with Gasteiger partial charge in [0.2, 0.25) is 0 Å². The molecular weight excluding hydrogens is 112 g/mol. The molecule has 52 valence electrons. The SMILES string of the molecule is C=CC(O)CCC(=C)C. The fourth-order valence-corrected chi connectivity index (χ4v) is 0.512. The number of hydrogen-bond donors (Lipinski definition) is 1. The Kier molecular flexibility index (Phi) is 4.06. The summed E-state index contributed by atoms with van der Waals surface area (Å²) in [5, 5.41) is 8.95. The topological polar surface area (TPSA) is 20.2 Å². The highest BCUT2D eigenvalue weighted by Crippen LogP contribution is 2.04. The van der Waals surface area contributed by atoms with Crippen LogP contribution < -0.4 is 0 Å². The Morgan fingerprint density at radius 1 is 1.78 bits per heavy atom. The number of aliphatic hydroxyl groups excluding tert-OH is 1. The molecule has 0 saturated heterocycles. The molecule has 1 N–H and O–H groups in total. The van der Waals surface area contributed by atoms with Gasteiger partial charge in [-0.25, -0.2) is 0 Å². The van der Waals surface area contributed by atoms with E-state index in [4.69, 9.17) is 5.11 Å². The van der Waals surface area contributed by atoms with Crippen LogP contribution >= 0.6 is 0 Å². The van der Waals surface area contributed by atoms with Crippen molar-refractivity contribution in [1.29, 1.82) is 0 Å². The summed E-state index contributed by atoms with van der Waals surface area (Å²) in [7, 11) is 0. The largest absolute Gasteiger partial charge is 0.389 e. The maximum atomic E-state index is 8.95. The highest BCUT2D eigenvalue weighted by Gasteiger charge is 1.95. The molecule has 1 unspecified atom stereocenters. The first-order chi connectivity index (χ1) is 4.16. The lowest BCUT2D eigenvalue weighted by Gasteiger charge is -2.02. The van der Waals surface area contributed by atoms with Gasteiger partial charge in [-0.1, -0.05) is 11.6 Å². The molecule has 0 rings (SSSR count). The first kappa shape index (κ1) is 8.44. The van der Waals surface area contributed by atoms with Crippen molar-refractivity contribution in [2.24, 2.45) is 0 Å². The average Bonchev–Trinajstić information content (AvgIpc) is 1.83. The molecular formula is C8H14O. The van der Waals surface area contributed by atoms with Crippen LogP contribution in [0.15, 0.2) is 24.8 Å². The monoisotopic (exact) mass is 126 g/mol. The summed E-state index contributed by atoms with van der Waals surface area (Å²) in [5.74, 6) is 0. The molecule has 1 atom stereocenters. The van der Waals surface area contributed by atoms with Gasteiger partial charge in [-0.15, -0.1) is 13.2 Å². The van der Waals surface area contributed by atoms with E-state index in [1.165, 1.54) is 0 Å². The first-order valence-corrected chi connectivity index (χ1v) is 3.12. The molecule has 0 aromatic heterocycles. The maximum absolute atomic E-state index is 8.95. The fourth-order valence-electron chi connectivity index (χ4n) is 0.512. The number of aliphatic hydroxyl groups is 1. The zero-order chi connectivity index (χ0) is 7.28. The summed E-state index contributed by atoms with van der Waals surface area (Å²) >= 11 is 0. The molecule has 0 aliphatic carbocycles. The second-order valence-electron chi connectivity index (χ2n) is 2.30. The number of hydrogen-bond acceptors (Lipinski definition) is 1. The Balaban J connectivity index is 3.26. The normalized spacial score (nSPS) is 12.7. The number of allylic oxidation sites excluding steroid dienone is 1. The Morgan fingerprint density at radius 3 is 2.67 bits per heavy atom. The van der Waals surface area contributed by atoms with Crippen molar-refractivity contribution in [2.75, 3.05) is 0 Å². The molecule has 0 heterocycles. The van der Waals surface area contributed by atoms with Gasteiger partial charge in [0.15, 0.2) is 0 Å². The molecule has 0 aromatic rings. The van der Waals surface area contributed by atoms with E-state index in [1.807, 2.05) is 6.92 Å². The van der Waals surface area contributed by atoms with Gasteiger partial charge in [0.1, 0.15) is 0 Å². The lowest BCUT2D eigenvalue weighted by molar-refractivity contribution is 0.213. The molecule has 0 radical (unpaired) electrons. The minimum absolute atomic E-state index is 0.360. The quantitative estimate of drug-likeness (QED) is 0.570. The summed E-state index contributed by atoms with van der Waals surface area (Å²) in [6.07, 6.45) is 2.82. The number of rotatable bonds is 4. The lowest BCUT2D eigenvalue weighted by atomic mass is 10.1. The van der Waals surface area contributed by atoms with Crippen LogP contribution in [0.5, 0.6) is 0 Å². The second kappa shape index (κ2) is 4.33. The average molecular weight is 126 g/mol. The van der Waals surface area contributed by atoms with E-state index in [9.17, 15) is 0 Å². The Bertz CT molecular complexity index is 105. The first-order valence-electron chi connectivity index (χ1n) is 3.12. The molecule has 9 heavy (non-hydrogen) atoms. The maximum Gasteiger partial charge on any atom is 0.0721 e. The van der Waals surface area contributed by atoms with E-state index < -0.39 is 0 Å². The Hall–Kier alpha value is -0.560. The highest BCUT2D eigenvalue weighted by molar-refractivity contribution is 4.90. The van der Waals surface area contributed by atoms with E-state index in [-0.39, 0.29) is 6.10 Å². The summed E-state index contributed by atoms with van der Waals surface area (Å²) < 4.78 is 0. The highest BCUT2D eigenvalue weighted by atomic mass is 16.3. The lowest BCUT2D eigenvalue weighted by Crippen LogP contribution is -2.00. The molecule has 0 aliphatic rings. The summed E-state index contributed by atoms with van der Waals surface area (Å²) in [6.45, 7) is 9.13. The van der Waals surface area contributed by atoms with Crippen molar-refractivity contribution < 1.29 is 5.11 Å². The Morgan fingerprint density at radius 2 is 2.33 bits per heavy atom.